The number of thioether (sulfide) groups is 1. The second-order valence-corrected chi connectivity index (χ2v) is 8.22. The summed E-state index contributed by atoms with van der Waals surface area (Å²) in [6.45, 7) is 0.192. The molecule has 0 fully saturated rings. The van der Waals surface area contributed by atoms with Crippen LogP contribution in [0, 0.1) is 11.3 Å². The van der Waals surface area contributed by atoms with Crippen LogP contribution >= 0.6 is 23.4 Å². The Kier molecular flexibility index (Phi) is 7.25. The van der Waals surface area contributed by atoms with Gasteiger partial charge in [-0.25, -0.2) is 0 Å². The molecule has 0 aliphatic rings. The van der Waals surface area contributed by atoms with E-state index < -0.39 is 0 Å². The van der Waals surface area contributed by atoms with E-state index in [4.69, 9.17) is 21.6 Å². The highest BCUT2D eigenvalue weighted by atomic mass is 35.5. The van der Waals surface area contributed by atoms with Crippen molar-refractivity contribution in [3.63, 3.8) is 0 Å². The molecule has 4 aromatic rings. The third-order valence-electron chi connectivity index (χ3n) is 4.50. The summed E-state index contributed by atoms with van der Waals surface area (Å²) in [6, 6.07) is 25.5. The van der Waals surface area contributed by atoms with E-state index in [1.807, 2.05) is 34.9 Å². The van der Waals surface area contributed by atoms with Crippen molar-refractivity contribution in [1.82, 2.24) is 14.8 Å². The predicted molar refractivity (Wildman–Crippen MR) is 128 cm³/mol. The summed E-state index contributed by atoms with van der Waals surface area (Å²) in [5, 5.41) is 21.6. The van der Waals surface area contributed by atoms with Gasteiger partial charge >= 0.3 is 0 Å². The maximum absolute atomic E-state index is 12.5. The molecule has 0 saturated carbocycles. The number of nitrogens with one attached hydrogen (secondary N) is 1. The molecule has 0 saturated heterocycles. The molecule has 3 aromatic carbocycles. The van der Waals surface area contributed by atoms with Crippen LogP contribution in [-0.2, 0) is 11.4 Å². The number of nitriles is 1. The van der Waals surface area contributed by atoms with Gasteiger partial charge < -0.3 is 10.1 Å². The van der Waals surface area contributed by atoms with Crippen molar-refractivity contribution in [3.8, 4) is 17.5 Å². The molecule has 0 spiro atoms. The topological polar surface area (TPSA) is 92.8 Å². The highest BCUT2D eigenvalue weighted by Crippen LogP contribution is 2.24. The number of carbonyl (C=O) groups is 1. The first-order valence-corrected chi connectivity index (χ1v) is 11.3. The van der Waals surface area contributed by atoms with Crippen LogP contribution < -0.4 is 10.1 Å². The van der Waals surface area contributed by atoms with Crippen molar-refractivity contribution in [2.75, 3.05) is 11.1 Å². The second-order valence-electron chi connectivity index (χ2n) is 6.84. The molecule has 0 atom stereocenters. The lowest BCUT2D eigenvalue weighted by Crippen LogP contribution is -2.15. The number of para-hydroxylation sites is 1. The summed E-state index contributed by atoms with van der Waals surface area (Å²) in [7, 11) is 0. The molecule has 0 radical (unpaired) electrons. The third kappa shape index (κ3) is 5.92. The van der Waals surface area contributed by atoms with E-state index in [-0.39, 0.29) is 18.3 Å². The molecule has 0 aliphatic heterocycles. The van der Waals surface area contributed by atoms with Gasteiger partial charge in [0.25, 0.3) is 0 Å². The zero-order valence-corrected chi connectivity index (χ0v) is 18.9. The molecule has 164 valence electrons. The Balaban J connectivity index is 1.48. The second kappa shape index (κ2) is 10.7. The first-order valence-electron chi connectivity index (χ1n) is 9.93. The number of ether oxygens (including phenoxy) is 1. The minimum absolute atomic E-state index is 0.125. The molecule has 0 unspecified atom stereocenters. The van der Waals surface area contributed by atoms with Crippen LogP contribution in [0.2, 0.25) is 5.02 Å². The SMILES string of the molecule is N#Cc1cccc(NC(=O)CSc2nnc(COc3ccc(Cl)cc3)n2-c2ccccc2)c1. The first-order chi connectivity index (χ1) is 16.1. The Labute approximate surface area is 200 Å². The Bertz CT molecular complexity index is 1290. The smallest absolute Gasteiger partial charge is 0.234 e. The van der Waals surface area contributed by atoms with Gasteiger partial charge in [-0.2, -0.15) is 5.26 Å². The molecule has 1 aromatic heterocycles. The molecule has 0 bridgehead atoms. The molecule has 1 N–H and O–H groups in total. The van der Waals surface area contributed by atoms with Crippen LogP contribution in [0.1, 0.15) is 11.4 Å². The van der Waals surface area contributed by atoms with Gasteiger partial charge in [-0.05, 0) is 54.6 Å². The lowest BCUT2D eigenvalue weighted by Gasteiger charge is -2.11. The van der Waals surface area contributed by atoms with E-state index >= 15 is 0 Å². The monoisotopic (exact) mass is 475 g/mol. The number of rotatable bonds is 8. The van der Waals surface area contributed by atoms with E-state index in [2.05, 4.69) is 21.6 Å². The van der Waals surface area contributed by atoms with Crippen molar-refractivity contribution in [1.29, 1.82) is 5.26 Å². The number of hydrogen-bond donors (Lipinski definition) is 1. The Morgan fingerprint density at radius 2 is 1.85 bits per heavy atom. The Morgan fingerprint density at radius 3 is 2.61 bits per heavy atom. The van der Waals surface area contributed by atoms with E-state index in [0.717, 1.165) is 5.69 Å². The highest BCUT2D eigenvalue weighted by Gasteiger charge is 2.16. The van der Waals surface area contributed by atoms with Gasteiger partial charge in [0.2, 0.25) is 5.91 Å². The number of anilines is 1. The maximum atomic E-state index is 12.5. The van der Waals surface area contributed by atoms with E-state index in [1.165, 1.54) is 11.8 Å². The molecular weight excluding hydrogens is 458 g/mol. The molecular formula is C24H18ClN5O2S. The fourth-order valence-corrected chi connectivity index (χ4v) is 3.89. The number of aromatic nitrogens is 3. The average molecular weight is 476 g/mol. The third-order valence-corrected chi connectivity index (χ3v) is 5.69. The fourth-order valence-electron chi connectivity index (χ4n) is 3.00. The number of nitrogens with zero attached hydrogens (tertiary/aromatic N) is 4. The Hall–Kier alpha value is -3.80. The van der Waals surface area contributed by atoms with Crippen molar-refractivity contribution in [2.24, 2.45) is 0 Å². The predicted octanol–water partition coefficient (Wildman–Crippen LogP) is 5.10. The Morgan fingerprint density at radius 1 is 1.06 bits per heavy atom. The van der Waals surface area contributed by atoms with Crippen LogP contribution in [0.15, 0.2) is 84.0 Å². The number of hydrogen-bond acceptors (Lipinski definition) is 6. The van der Waals surface area contributed by atoms with Crippen molar-refractivity contribution >= 4 is 35.0 Å². The molecule has 9 heteroatoms. The molecule has 1 heterocycles. The van der Waals surface area contributed by atoms with Crippen LogP contribution in [0.3, 0.4) is 0 Å². The summed E-state index contributed by atoms with van der Waals surface area (Å²) in [5.74, 6) is 1.17. The highest BCUT2D eigenvalue weighted by molar-refractivity contribution is 7.99. The van der Waals surface area contributed by atoms with Crippen LogP contribution in [0.4, 0.5) is 5.69 Å². The molecule has 0 aliphatic carbocycles. The summed E-state index contributed by atoms with van der Waals surface area (Å²) >= 11 is 7.20. The summed E-state index contributed by atoms with van der Waals surface area (Å²) < 4.78 is 7.72. The molecule has 33 heavy (non-hydrogen) atoms. The number of halogens is 1. The number of benzene rings is 3. The molecule has 7 nitrogen and oxygen atoms in total. The fraction of sp³-hybridized carbons (Fsp3) is 0.0833. The van der Waals surface area contributed by atoms with Gasteiger partial charge in [0.05, 0.1) is 17.4 Å². The average Bonchev–Trinajstić information content (AvgIpc) is 3.26. The number of carbonyl (C=O) groups excluding carboxylic acids is 1. The van der Waals surface area contributed by atoms with Crippen molar-refractivity contribution in [3.05, 3.63) is 95.3 Å². The zero-order chi connectivity index (χ0) is 23.0. The van der Waals surface area contributed by atoms with E-state index in [0.29, 0.717) is 33.0 Å². The lowest BCUT2D eigenvalue weighted by atomic mass is 10.2. The standard InChI is InChI=1S/C24H18ClN5O2S/c25-18-9-11-21(12-10-18)32-15-22-28-29-24(30(22)20-7-2-1-3-8-20)33-16-23(31)27-19-6-4-5-17(13-19)14-26/h1-13H,15-16H2,(H,27,31). The van der Waals surface area contributed by atoms with Gasteiger partial charge in [0, 0.05) is 16.4 Å². The quantitative estimate of drug-likeness (QED) is 0.356. The van der Waals surface area contributed by atoms with Crippen LogP contribution in [0.25, 0.3) is 5.69 Å². The minimum atomic E-state index is -0.211. The zero-order valence-electron chi connectivity index (χ0n) is 17.3. The minimum Gasteiger partial charge on any atom is -0.486 e. The summed E-state index contributed by atoms with van der Waals surface area (Å²) in [6.07, 6.45) is 0. The van der Waals surface area contributed by atoms with Gasteiger partial charge in [-0.15, -0.1) is 10.2 Å². The van der Waals surface area contributed by atoms with Gasteiger partial charge in [-0.3, -0.25) is 9.36 Å². The first kappa shape index (κ1) is 22.4. The van der Waals surface area contributed by atoms with Gasteiger partial charge in [0.1, 0.15) is 12.4 Å². The van der Waals surface area contributed by atoms with Gasteiger partial charge in [-0.1, -0.05) is 47.6 Å². The lowest BCUT2D eigenvalue weighted by molar-refractivity contribution is -0.113. The maximum Gasteiger partial charge on any atom is 0.234 e. The largest absolute Gasteiger partial charge is 0.486 e. The van der Waals surface area contributed by atoms with Crippen molar-refractivity contribution in [2.45, 2.75) is 11.8 Å². The van der Waals surface area contributed by atoms with E-state index in [9.17, 15) is 4.79 Å². The normalized spacial score (nSPS) is 10.4. The molecule has 1 amide bonds. The van der Waals surface area contributed by atoms with Crippen LogP contribution in [0.5, 0.6) is 5.75 Å². The summed E-state index contributed by atoms with van der Waals surface area (Å²) in [4.78, 5) is 12.5. The van der Waals surface area contributed by atoms with Crippen molar-refractivity contribution < 1.29 is 9.53 Å². The van der Waals surface area contributed by atoms with Gasteiger partial charge in [0.15, 0.2) is 11.0 Å². The number of amides is 1. The van der Waals surface area contributed by atoms with Crippen LogP contribution in [-0.4, -0.2) is 26.4 Å². The molecule has 4 rings (SSSR count). The van der Waals surface area contributed by atoms with E-state index in [1.54, 1.807) is 48.5 Å². The summed E-state index contributed by atoms with van der Waals surface area (Å²) in [5.41, 5.74) is 1.91.